The minimum atomic E-state index is -0.902. The fraction of sp³-hybridized carbons (Fsp3) is 0.588. The maximum absolute atomic E-state index is 13.7. The summed E-state index contributed by atoms with van der Waals surface area (Å²) in [6.45, 7) is 3.85. The molecule has 3 heteroatoms. The van der Waals surface area contributed by atoms with Crippen LogP contribution in [0.5, 0.6) is 0 Å². The molecule has 1 aliphatic rings. The Hall–Kier alpha value is -1.40. The Morgan fingerprint density at radius 2 is 2.10 bits per heavy atom. The zero-order chi connectivity index (χ0) is 14.8. The molecular formula is C17H22FNO. The zero-order valence-electron chi connectivity index (χ0n) is 12.2. The molecule has 2 rings (SSSR count). The molecule has 1 saturated carbocycles. The molecule has 0 spiro atoms. The van der Waals surface area contributed by atoms with Crippen molar-refractivity contribution in [2.45, 2.75) is 52.1 Å². The first-order valence-electron chi connectivity index (χ1n) is 7.38. The van der Waals surface area contributed by atoms with Gasteiger partial charge in [-0.15, -0.1) is 0 Å². The van der Waals surface area contributed by atoms with Crippen LogP contribution in [0.1, 0.15) is 56.3 Å². The predicted molar refractivity (Wildman–Crippen MR) is 76.4 cm³/mol. The highest BCUT2D eigenvalue weighted by atomic mass is 19.1. The average Bonchev–Trinajstić information content (AvgIpc) is 2.49. The number of halogens is 1. The maximum Gasteiger partial charge on any atom is 0.126 e. The van der Waals surface area contributed by atoms with E-state index >= 15 is 0 Å². The second-order valence-corrected chi connectivity index (χ2v) is 6.03. The van der Waals surface area contributed by atoms with Gasteiger partial charge < -0.3 is 5.11 Å². The van der Waals surface area contributed by atoms with Gasteiger partial charge in [0.25, 0.3) is 0 Å². The van der Waals surface area contributed by atoms with E-state index in [9.17, 15) is 14.8 Å². The molecule has 0 heterocycles. The number of rotatable bonds is 3. The molecule has 0 saturated heterocycles. The number of hydrogen-bond acceptors (Lipinski definition) is 2. The molecule has 0 amide bonds. The summed E-state index contributed by atoms with van der Waals surface area (Å²) in [5, 5.41) is 20.1. The monoisotopic (exact) mass is 275 g/mol. The summed E-state index contributed by atoms with van der Waals surface area (Å²) in [5.74, 6) is 0.329. The van der Waals surface area contributed by atoms with Crippen LogP contribution in [-0.2, 0) is 0 Å². The Balaban J connectivity index is 2.23. The highest BCUT2D eigenvalue weighted by Gasteiger charge is 2.42. The van der Waals surface area contributed by atoms with Gasteiger partial charge in [-0.2, -0.15) is 5.26 Å². The van der Waals surface area contributed by atoms with E-state index in [2.05, 4.69) is 13.0 Å². The van der Waals surface area contributed by atoms with Crippen molar-refractivity contribution < 1.29 is 9.50 Å². The number of benzene rings is 1. The minimum Gasteiger partial charge on any atom is -0.387 e. The normalized spacial score (nSPS) is 27.9. The lowest BCUT2D eigenvalue weighted by Crippen LogP contribution is -2.32. The van der Waals surface area contributed by atoms with Gasteiger partial charge in [-0.05, 0) is 55.7 Å². The smallest absolute Gasteiger partial charge is 0.126 e. The van der Waals surface area contributed by atoms with Gasteiger partial charge in [-0.1, -0.05) is 25.5 Å². The Bertz CT molecular complexity index is 512. The molecule has 1 N–H and O–H groups in total. The van der Waals surface area contributed by atoms with Gasteiger partial charge in [0.15, 0.2) is 0 Å². The molecule has 108 valence electrons. The lowest BCUT2D eigenvalue weighted by atomic mass is 9.66. The fourth-order valence-corrected chi connectivity index (χ4v) is 3.15. The summed E-state index contributed by atoms with van der Waals surface area (Å²) in [6.07, 6.45) is 3.54. The summed E-state index contributed by atoms with van der Waals surface area (Å²) in [5.41, 5.74) is 0.319. The van der Waals surface area contributed by atoms with Crippen LogP contribution in [0.25, 0.3) is 0 Å². The summed E-state index contributed by atoms with van der Waals surface area (Å²) in [6, 6.07) is 7.08. The molecule has 1 aromatic carbocycles. The van der Waals surface area contributed by atoms with Crippen molar-refractivity contribution in [3.8, 4) is 6.07 Å². The van der Waals surface area contributed by atoms with Gasteiger partial charge in [0.2, 0.25) is 0 Å². The van der Waals surface area contributed by atoms with E-state index in [1.165, 1.54) is 6.07 Å². The van der Waals surface area contributed by atoms with Crippen molar-refractivity contribution in [1.29, 1.82) is 5.26 Å². The lowest BCUT2D eigenvalue weighted by Gasteiger charge is -2.38. The summed E-state index contributed by atoms with van der Waals surface area (Å²) < 4.78 is 13.7. The lowest BCUT2D eigenvalue weighted by molar-refractivity contribution is 0.0241. The third-order valence-electron chi connectivity index (χ3n) is 4.83. The van der Waals surface area contributed by atoms with Crippen molar-refractivity contribution in [3.05, 3.63) is 35.1 Å². The van der Waals surface area contributed by atoms with Crippen molar-refractivity contribution in [3.63, 3.8) is 0 Å². The average molecular weight is 275 g/mol. The largest absolute Gasteiger partial charge is 0.387 e. The first-order valence-corrected chi connectivity index (χ1v) is 7.38. The van der Waals surface area contributed by atoms with Crippen LogP contribution >= 0.6 is 0 Å². The van der Waals surface area contributed by atoms with Gasteiger partial charge in [0, 0.05) is 0 Å². The molecule has 0 aliphatic heterocycles. The van der Waals surface area contributed by atoms with Crippen molar-refractivity contribution in [2.24, 2.45) is 11.3 Å². The van der Waals surface area contributed by atoms with Crippen molar-refractivity contribution in [2.75, 3.05) is 0 Å². The molecule has 2 nitrogen and oxygen atoms in total. The van der Waals surface area contributed by atoms with E-state index < -0.39 is 11.5 Å². The van der Waals surface area contributed by atoms with Gasteiger partial charge in [-0.25, -0.2) is 4.39 Å². The van der Waals surface area contributed by atoms with Crippen LogP contribution in [0.3, 0.4) is 0 Å². The standard InChI is InChI=1S/C17H22FNO/c1-3-13-6-8-17(11-19,9-7-13)16(20)14-5-4-12(2)15(18)10-14/h4-5,10,13,16,20H,3,6-9H2,1-2H3. The summed E-state index contributed by atoms with van der Waals surface area (Å²) >= 11 is 0. The van der Waals surface area contributed by atoms with Crippen LogP contribution in [0.15, 0.2) is 18.2 Å². The Labute approximate surface area is 120 Å². The van der Waals surface area contributed by atoms with E-state index in [1.807, 2.05) is 0 Å². The summed E-state index contributed by atoms with van der Waals surface area (Å²) in [7, 11) is 0. The molecule has 0 bridgehead atoms. The van der Waals surface area contributed by atoms with Crippen LogP contribution in [0.2, 0.25) is 0 Å². The Kier molecular flexibility index (Phi) is 4.45. The molecule has 1 aromatic rings. The number of aliphatic hydroxyl groups is 1. The molecule has 1 unspecified atom stereocenters. The van der Waals surface area contributed by atoms with E-state index in [4.69, 9.17) is 0 Å². The zero-order valence-corrected chi connectivity index (χ0v) is 12.2. The highest BCUT2D eigenvalue weighted by molar-refractivity contribution is 5.28. The van der Waals surface area contributed by atoms with E-state index in [0.717, 1.165) is 19.3 Å². The van der Waals surface area contributed by atoms with E-state index in [-0.39, 0.29) is 5.82 Å². The van der Waals surface area contributed by atoms with Crippen LogP contribution in [0, 0.1) is 35.4 Å². The maximum atomic E-state index is 13.7. The quantitative estimate of drug-likeness (QED) is 0.894. The molecule has 1 fully saturated rings. The second-order valence-electron chi connectivity index (χ2n) is 6.03. The van der Waals surface area contributed by atoms with Gasteiger partial charge >= 0.3 is 0 Å². The minimum absolute atomic E-state index is 0.322. The molecule has 0 aromatic heterocycles. The number of nitriles is 1. The summed E-state index contributed by atoms with van der Waals surface area (Å²) in [4.78, 5) is 0. The number of aryl methyl sites for hydroxylation is 1. The second kappa shape index (κ2) is 5.93. The van der Waals surface area contributed by atoms with Gasteiger partial charge in [0.1, 0.15) is 5.82 Å². The third-order valence-corrected chi connectivity index (χ3v) is 4.83. The topological polar surface area (TPSA) is 44.0 Å². The van der Waals surface area contributed by atoms with Crippen molar-refractivity contribution >= 4 is 0 Å². The highest BCUT2D eigenvalue weighted by Crippen LogP contribution is 2.47. The Morgan fingerprint density at radius 1 is 1.45 bits per heavy atom. The molecule has 1 aliphatic carbocycles. The van der Waals surface area contributed by atoms with Gasteiger partial charge in [-0.3, -0.25) is 0 Å². The third kappa shape index (κ3) is 2.71. The first kappa shape index (κ1) is 15.0. The molecule has 20 heavy (non-hydrogen) atoms. The van der Waals surface area contributed by atoms with Gasteiger partial charge in [0.05, 0.1) is 17.6 Å². The Morgan fingerprint density at radius 3 is 2.60 bits per heavy atom. The van der Waals surface area contributed by atoms with Crippen LogP contribution < -0.4 is 0 Å². The van der Waals surface area contributed by atoms with E-state index in [0.29, 0.717) is 29.9 Å². The molecule has 0 radical (unpaired) electrons. The van der Waals surface area contributed by atoms with Crippen molar-refractivity contribution in [1.82, 2.24) is 0 Å². The predicted octanol–water partition coefficient (Wildman–Crippen LogP) is 4.28. The van der Waals surface area contributed by atoms with E-state index in [1.54, 1.807) is 19.1 Å². The number of hydrogen-bond donors (Lipinski definition) is 1. The molecular weight excluding hydrogens is 253 g/mol. The molecule has 1 atom stereocenters. The van der Waals surface area contributed by atoms with Crippen LogP contribution in [-0.4, -0.2) is 5.11 Å². The number of nitrogens with zero attached hydrogens (tertiary/aromatic N) is 1. The first-order chi connectivity index (χ1) is 9.52. The fourth-order valence-electron chi connectivity index (χ4n) is 3.15. The van der Waals surface area contributed by atoms with Crippen LogP contribution in [0.4, 0.5) is 4.39 Å². The SMILES string of the molecule is CCC1CCC(C#N)(C(O)c2ccc(C)c(F)c2)CC1. The number of aliphatic hydroxyl groups excluding tert-OH is 1.